The van der Waals surface area contributed by atoms with Crippen LogP contribution in [0.25, 0.3) is 66.8 Å². The van der Waals surface area contributed by atoms with Crippen LogP contribution in [-0.2, 0) is 10.8 Å². The van der Waals surface area contributed by atoms with E-state index in [1.807, 2.05) is 0 Å². The summed E-state index contributed by atoms with van der Waals surface area (Å²) in [7, 11) is 1.42. The summed E-state index contributed by atoms with van der Waals surface area (Å²) in [6.07, 6.45) is 0. The van der Waals surface area contributed by atoms with Gasteiger partial charge in [-0.2, -0.15) is 0 Å². The highest BCUT2D eigenvalue weighted by molar-refractivity contribution is 7.08. The zero-order valence-corrected chi connectivity index (χ0v) is 28.9. The summed E-state index contributed by atoms with van der Waals surface area (Å²) in [6.45, 7) is 13.5. The SMILES string of the molecule is CC(C)(C)c1ccc(-c2ccc3c(c2)-c2ccccc2-3)cc1.CC(C)(C)c1ccc(-c2ccc3c(c2)-c2ccccc2-3)cc1.OP. The molecule has 1 N–H and O–H groups in total. The van der Waals surface area contributed by atoms with E-state index in [4.69, 9.17) is 4.89 Å². The third-order valence-electron chi connectivity index (χ3n) is 9.22. The molecule has 0 saturated carbocycles. The Bertz CT molecular complexity index is 1850. The van der Waals surface area contributed by atoms with Gasteiger partial charge >= 0.3 is 0 Å². The summed E-state index contributed by atoms with van der Waals surface area (Å²) < 4.78 is 0. The molecule has 0 radical (unpaired) electrons. The second kappa shape index (κ2) is 12.5. The number of benzene rings is 6. The Labute approximate surface area is 277 Å². The minimum absolute atomic E-state index is 0.206. The first-order chi connectivity index (χ1) is 22.1. The van der Waals surface area contributed by atoms with Crippen molar-refractivity contribution in [1.29, 1.82) is 0 Å². The summed E-state index contributed by atoms with van der Waals surface area (Å²) in [6, 6.07) is 48.9. The molecule has 0 aliphatic heterocycles. The Hall–Kier alpha value is -4.29. The van der Waals surface area contributed by atoms with Crippen LogP contribution in [0.2, 0.25) is 0 Å². The van der Waals surface area contributed by atoms with Crippen molar-refractivity contribution in [1.82, 2.24) is 0 Å². The molecular formula is C44H43OP. The Morgan fingerprint density at radius 1 is 0.326 bits per heavy atom. The van der Waals surface area contributed by atoms with Gasteiger partial charge in [0.1, 0.15) is 0 Å². The number of hydrogen-bond acceptors (Lipinski definition) is 1. The lowest BCUT2D eigenvalue weighted by molar-refractivity contribution is 0.590. The van der Waals surface area contributed by atoms with Gasteiger partial charge < -0.3 is 4.89 Å². The van der Waals surface area contributed by atoms with Crippen LogP contribution in [0.15, 0.2) is 133 Å². The summed E-state index contributed by atoms with van der Waals surface area (Å²) in [5, 5.41) is 0. The van der Waals surface area contributed by atoms with Gasteiger partial charge in [0.2, 0.25) is 0 Å². The van der Waals surface area contributed by atoms with Crippen molar-refractivity contribution < 1.29 is 4.89 Å². The van der Waals surface area contributed by atoms with Crippen molar-refractivity contribution in [2.24, 2.45) is 0 Å². The third kappa shape index (κ3) is 5.99. The van der Waals surface area contributed by atoms with Gasteiger partial charge in [0.05, 0.1) is 0 Å². The highest BCUT2D eigenvalue weighted by atomic mass is 31.0. The summed E-state index contributed by atoms with van der Waals surface area (Å²) in [4.78, 5) is 6.92. The van der Waals surface area contributed by atoms with E-state index in [9.17, 15) is 0 Å². The molecular weight excluding hydrogens is 575 g/mol. The molecule has 6 aromatic carbocycles. The standard InChI is InChI=1S/2C22H20.H3OP/c2*1-22(2,3)17-11-8-15(9-12-17)16-10-13-20-18-6-4-5-7-19(18)21(20)14-16;1-2/h2*4-14H,1-3H3;1H,2H2. The van der Waals surface area contributed by atoms with E-state index in [1.54, 1.807) is 0 Å². The maximum atomic E-state index is 6.92. The fourth-order valence-electron chi connectivity index (χ4n) is 6.47. The second-order valence-electron chi connectivity index (χ2n) is 14.3. The van der Waals surface area contributed by atoms with Crippen LogP contribution in [0.5, 0.6) is 0 Å². The number of rotatable bonds is 2. The largest absolute Gasteiger partial charge is 0.380 e. The molecule has 1 atom stereocenters. The minimum atomic E-state index is 0.206. The van der Waals surface area contributed by atoms with Crippen molar-refractivity contribution in [2.75, 3.05) is 0 Å². The maximum absolute atomic E-state index is 6.92. The van der Waals surface area contributed by atoms with Crippen LogP contribution in [0.3, 0.4) is 0 Å². The van der Waals surface area contributed by atoms with E-state index in [0.29, 0.717) is 0 Å². The topological polar surface area (TPSA) is 20.2 Å². The van der Waals surface area contributed by atoms with E-state index in [2.05, 4.69) is 175 Å². The first-order valence-electron chi connectivity index (χ1n) is 16.0. The van der Waals surface area contributed by atoms with Gasteiger partial charge in [0, 0.05) is 0 Å². The summed E-state index contributed by atoms with van der Waals surface area (Å²) >= 11 is 0. The molecule has 2 heteroatoms. The molecule has 0 saturated heterocycles. The van der Waals surface area contributed by atoms with E-state index < -0.39 is 0 Å². The molecule has 0 heterocycles. The van der Waals surface area contributed by atoms with Gasteiger partial charge in [-0.1, -0.05) is 163 Å². The normalized spacial score (nSPS) is 11.9. The van der Waals surface area contributed by atoms with Gasteiger partial charge in [-0.25, -0.2) is 0 Å². The first kappa shape index (κ1) is 31.7. The molecule has 8 rings (SSSR count). The molecule has 0 amide bonds. The molecule has 0 spiro atoms. The minimum Gasteiger partial charge on any atom is -0.380 e. The van der Waals surface area contributed by atoms with Crippen molar-refractivity contribution in [3.05, 3.63) is 145 Å². The quantitative estimate of drug-likeness (QED) is 0.191. The average molecular weight is 619 g/mol. The number of hydrogen-bond donors (Lipinski definition) is 1. The molecule has 0 aromatic heterocycles. The van der Waals surface area contributed by atoms with Gasteiger partial charge in [-0.05, 0) is 110 Å². The van der Waals surface area contributed by atoms with Crippen LogP contribution in [0.1, 0.15) is 52.7 Å². The van der Waals surface area contributed by atoms with Crippen LogP contribution in [0, 0.1) is 0 Å². The Morgan fingerprint density at radius 2 is 0.587 bits per heavy atom. The van der Waals surface area contributed by atoms with Crippen LogP contribution in [0.4, 0.5) is 0 Å². The monoisotopic (exact) mass is 618 g/mol. The molecule has 0 bridgehead atoms. The molecule has 1 unspecified atom stereocenters. The highest BCUT2D eigenvalue weighted by Crippen LogP contribution is 2.49. The molecule has 1 nitrogen and oxygen atoms in total. The van der Waals surface area contributed by atoms with E-state index in [1.165, 1.54) is 87.4 Å². The molecule has 2 aliphatic carbocycles. The smallest absolute Gasteiger partial charge is 0.00391 e. The average Bonchev–Trinajstić information content (AvgIpc) is 3.06. The predicted molar refractivity (Wildman–Crippen MR) is 202 cm³/mol. The van der Waals surface area contributed by atoms with Gasteiger partial charge in [0.15, 0.2) is 0 Å². The van der Waals surface area contributed by atoms with Gasteiger partial charge in [-0.3, -0.25) is 0 Å². The highest BCUT2D eigenvalue weighted by Gasteiger charge is 2.23. The van der Waals surface area contributed by atoms with Gasteiger partial charge in [0.25, 0.3) is 0 Å². The van der Waals surface area contributed by atoms with Crippen molar-refractivity contribution in [3.8, 4) is 66.8 Å². The zero-order chi connectivity index (χ0) is 32.6. The van der Waals surface area contributed by atoms with Crippen LogP contribution >= 0.6 is 9.47 Å². The lowest BCUT2D eigenvalue weighted by atomic mass is 9.79. The summed E-state index contributed by atoms with van der Waals surface area (Å²) in [5.41, 5.74) is 19.4. The lowest BCUT2D eigenvalue weighted by Gasteiger charge is -2.24. The van der Waals surface area contributed by atoms with E-state index in [-0.39, 0.29) is 10.8 Å². The van der Waals surface area contributed by atoms with Crippen molar-refractivity contribution in [2.45, 2.75) is 52.4 Å². The fourth-order valence-corrected chi connectivity index (χ4v) is 6.47. The molecule has 46 heavy (non-hydrogen) atoms. The van der Waals surface area contributed by atoms with Crippen LogP contribution in [-0.4, -0.2) is 4.89 Å². The molecule has 230 valence electrons. The van der Waals surface area contributed by atoms with Crippen LogP contribution < -0.4 is 0 Å². The van der Waals surface area contributed by atoms with Crippen molar-refractivity contribution >= 4 is 9.47 Å². The van der Waals surface area contributed by atoms with E-state index >= 15 is 0 Å². The Morgan fingerprint density at radius 3 is 0.891 bits per heavy atom. The summed E-state index contributed by atoms with van der Waals surface area (Å²) in [5.74, 6) is 0. The second-order valence-corrected chi connectivity index (χ2v) is 14.3. The van der Waals surface area contributed by atoms with Crippen molar-refractivity contribution in [3.63, 3.8) is 0 Å². The van der Waals surface area contributed by atoms with E-state index in [0.717, 1.165) is 0 Å². The number of fused-ring (bicyclic) bond motifs is 8. The van der Waals surface area contributed by atoms with Gasteiger partial charge in [-0.15, -0.1) is 0 Å². The zero-order valence-electron chi connectivity index (χ0n) is 27.7. The first-order valence-corrected chi connectivity index (χ1v) is 16.5. The lowest BCUT2D eigenvalue weighted by Crippen LogP contribution is -2.10. The maximum Gasteiger partial charge on any atom is -0.00391 e. The Balaban J connectivity index is 0.000000153. The molecule has 2 aliphatic rings. The molecule has 6 aromatic rings. The fraction of sp³-hybridized carbons (Fsp3) is 0.182. The molecule has 0 fully saturated rings. The predicted octanol–water partition coefficient (Wildman–Crippen LogP) is 12.4. The Kier molecular flexibility index (Phi) is 8.60. The third-order valence-corrected chi connectivity index (χ3v) is 9.22.